The van der Waals surface area contributed by atoms with Crippen LogP contribution in [0.3, 0.4) is 0 Å². The van der Waals surface area contributed by atoms with Gasteiger partial charge in [0.15, 0.2) is 6.10 Å². The van der Waals surface area contributed by atoms with Crippen molar-refractivity contribution in [2.75, 3.05) is 19.0 Å². The van der Waals surface area contributed by atoms with Gasteiger partial charge in [-0.05, 0) is 39.0 Å². The summed E-state index contributed by atoms with van der Waals surface area (Å²) >= 11 is 6.21. The van der Waals surface area contributed by atoms with Gasteiger partial charge in [0, 0.05) is 6.07 Å². The summed E-state index contributed by atoms with van der Waals surface area (Å²) in [6, 6.07) is 10.3. The Kier molecular flexibility index (Phi) is 7.07. The maximum atomic E-state index is 12.4. The summed E-state index contributed by atoms with van der Waals surface area (Å²) in [4.78, 5) is 24.4. The Bertz CT molecular complexity index is 820. The van der Waals surface area contributed by atoms with Gasteiger partial charge in [-0.25, -0.2) is 4.79 Å². The van der Waals surface area contributed by atoms with Crippen LogP contribution in [0.25, 0.3) is 0 Å². The average molecular weight is 392 g/mol. The van der Waals surface area contributed by atoms with E-state index in [9.17, 15) is 9.59 Å². The van der Waals surface area contributed by atoms with E-state index in [2.05, 4.69) is 5.32 Å². The van der Waals surface area contributed by atoms with Crippen molar-refractivity contribution in [1.82, 2.24) is 0 Å². The quantitative estimate of drug-likeness (QED) is 0.714. The molecule has 0 aromatic heterocycles. The molecule has 144 valence electrons. The van der Waals surface area contributed by atoms with Crippen molar-refractivity contribution in [3.63, 3.8) is 0 Å². The van der Waals surface area contributed by atoms with Crippen molar-refractivity contribution in [2.24, 2.45) is 0 Å². The zero-order valence-electron chi connectivity index (χ0n) is 15.7. The van der Waals surface area contributed by atoms with E-state index in [-0.39, 0.29) is 28.8 Å². The molecule has 2 rings (SSSR count). The van der Waals surface area contributed by atoms with Crippen molar-refractivity contribution < 1.29 is 23.8 Å². The minimum Gasteiger partial charge on any atom is -0.496 e. The highest BCUT2D eigenvalue weighted by Crippen LogP contribution is 2.31. The fourth-order valence-corrected chi connectivity index (χ4v) is 2.51. The van der Waals surface area contributed by atoms with E-state index in [0.29, 0.717) is 11.4 Å². The van der Waals surface area contributed by atoms with Crippen LogP contribution in [0.5, 0.6) is 11.5 Å². The lowest BCUT2D eigenvalue weighted by Gasteiger charge is -2.17. The topological polar surface area (TPSA) is 73.9 Å². The second-order valence-electron chi connectivity index (χ2n) is 5.82. The maximum Gasteiger partial charge on any atom is 0.341 e. The third-order valence-corrected chi connectivity index (χ3v) is 4.06. The molecule has 1 amide bonds. The summed E-state index contributed by atoms with van der Waals surface area (Å²) in [5.74, 6) is -0.0987. The summed E-state index contributed by atoms with van der Waals surface area (Å²) in [7, 11) is 1.42. The first-order valence-electron chi connectivity index (χ1n) is 8.44. The minimum atomic E-state index is -0.750. The Balaban J connectivity index is 2.14. The highest BCUT2D eigenvalue weighted by molar-refractivity contribution is 6.34. The molecule has 27 heavy (non-hydrogen) atoms. The number of carbonyl (C=O) groups excluding carboxylic acids is 2. The average Bonchev–Trinajstić information content (AvgIpc) is 2.64. The molecule has 0 aliphatic heterocycles. The third-order valence-electron chi connectivity index (χ3n) is 3.75. The summed E-state index contributed by atoms with van der Waals surface area (Å²) in [5, 5.41) is 2.88. The first kappa shape index (κ1) is 20.6. The number of hydrogen-bond donors (Lipinski definition) is 1. The predicted octanol–water partition coefficient (Wildman–Crippen LogP) is 4.24. The van der Waals surface area contributed by atoms with E-state index in [1.54, 1.807) is 26.0 Å². The van der Waals surface area contributed by atoms with E-state index in [4.69, 9.17) is 25.8 Å². The SMILES string of the molecule is CCOC(=O)c1cc(Cl)c(NC(=O)C(C)Oc2ccc(C)cc2)cc1OC. The van der Waals surface area contributed by atoms with E-state index < -0.39 is 12.1 Å². The number of aryl methyl sites for hydroxylation is 1. The van der Waals surface area contributed by atoms with Crippen molar-refractivity contribution in [2.45, 2.75) is 26.9 Å². The van der Waals surface area contributed by atoms with Gasteiger partial charge in [0.25, 0.3) is 5.91 Å². The highest BCUT2D eigenvalue weighted by atomic mass is 35.5. The molecule has 1 unspecified atom stereocenters. The van der Waals surface area contributed by atoms with Crippen LogP contribution in [-0.2, 0) is 9.53 Å². The lowest BCUT2D eigenvalue weighted by molar-refractivity contribution is -0.122. The Morgan fingerprint density at radius 1 is 1.19 bits per heavy atom. The number of carbonyl (C=O) groups is 2. The molecule has 0 heterocycles. The highest BCUT2D eigenvalue weighted by Gasteiger charge is 2.20. The lowest BCUT2D eigenvalue weighted by atomic mass is 10.1. The summed E-state index contributed by atoms with van der Waals surface area (Å²) in [5.41, 5.74) is 1.59. The molecule has 0 radical (unpaired) electrons. The number of esters is 1. The van der Waals surface area contributed by atoms with Gasteiger partial charge in [-0.3, -0.25) is 4.79 Å². The van der Waals surface area contributed by atoms with E-state index >= 15 is 0 Å². The normalized spacial score (nSPS) is 11.4. The van der Waals surface area contributed by atoms with Gasteiger partial charge in [-0.1, -0.05) is 29.3 Å². The molecule has 7 heteroatoms. The summed E-state index contributed by atoms with van der Waals surface area (Å²) in [6.45, 7) is 5.53. The molecule has 0 spiro atoms. The van der Waals surface area contributed by atoms with Crippen LogP contribution in [0.4, 0.5) is 5.69 Å². The Morgan fingerprint density at radius 3 is 2.44 bits per heavy atom. The van der Waals surface area contributed by atoms with Crippen LogP contribution in [0.15, 0.2) is 36.4 Å². The number of nitrogens with one attached hydrogen (secondary N) is 1. The number of benzene rings is 2. The van der Waals surface area contributed by atoms with Gasteiger partial charge < -0.3 is 19.5 Å². The Hall–Kier alpha value is -2.73. The van der Waals surface area contributed by atoms with Gasteiger partial charge in [0.1, 0.15) is 17.1 Å². The zero-order chi connectivity index (χ0) is 20.0. The fraction of sp³-hybridized carbons (Fsp3) is 0.300. The number of amides is 1. The minimum absolute atomic E-state index is 0.186. The van der Waals surface area contributed by atoms with E-state index in [0.717, 1.165) is 5.56 Å². The summed E-state index contributed by atoms with van der Waals surface area (Å²) < 4.78 is 15.8. The molecule has 0 aliphatic carbocycles. The van der Waals surface area contributed by atoms with Crippen LogP contribution in [-0.4, -0.2) is 31.7 Å². The second-order valence-corrected chi connectivity index (χ2v) is 6.22. The van der Waals surface area contributed by atoms with Crippen LogP contribution in [0, 0.1) is 6.92 Å². The number of ether oxygens (including phenoxy) is 3. The van der Waals surface area contributed by atoms with E-state index in [1.165, 1.54) is 19.2 Å². The number of halogens is 1. The molecule has 0 bridgehead atoms. The van der Waals surface area contributed by atoms with Crippen molar-refractivity contribution in [3.8, 4) is 11.5 Å². The Labute approximate surface area is 163 Å². The standard InChI is InChI=1S/C20H22ClNO5/c1-5-26-20(24)15-10-16(21)17(11-18(15)25-4)22-19(23)13(3)27-14-8-6-12(2)7-9-14/h6-11,13H,5H2,1-4H3,(H,22,23). The van der Waals surface area contributed by atoms with Crippen molar-refractivity contribution >= 4 is 29.2 Å². The zero-order valence-corrected chi connectivity index (χ0v) is 16.4. The van der Waals surface area contributed by atoms with Gasteiger partial charge >= 0.3 is 5.97 Å². The molecule has 1 atom stereocenters. The van der Waals surface area contributed by atoms with Gasteiger partial charge in [-0.2, -0.15) is 0 Å². The number of methoxy groups -OCH3 is 1. The first-order valence-corrected chi connectivity index (χ1v) is 8.82. The molecule has 0 saturated carbocycles. The summed E-state index contributed by atoms with van der Waals surface area (Å²) in [6.07, 6.45) is -0.750. The molecule has 0 aliphatic rings. The van der Waals surface area contributed by atoms with Gasteiger partial charge in [-0.15, -0.1) is 0 Å². The van der Waals surface area contributed by atoms with Crippen molar-refractivity contribution in [3.05, 3.63) is 52.5 Å². The molecule has 6 nitrogen and oxygen atoms in total. The maximum absolute atomic E-state index is 12.4. The number of rotatable bonds is 7. The van der Waals surface area contributed by atoms with Crippen LogP contribution in [0.1, 0.15) is 29.8 Å². The molecular formula is C20H22ClNO5. The van der Waals surface area contributed by atoms with Crippen LogP contribution in [0.2, 0.25) is 5.02 Å². The molecule has 0 saturated heterocycles. The predicted molar refractivity (Wildman–Crippen MR) is 104 cm³/mol. The molecule has 2 aromatic carbocycles. The Morgan fingerprint density at radius 2 is 1.85 bits per heavy atom. The van der Waals surface area contributed by atoms with Crippen LogP contribution >= 0.6 is 11.6 Å². The smallest absolute Gasteiger partial charge is 0.341 e. The lowest BCUT2D eigenvalue weighted by Crippen LogP contribution is -2.30. The van der Waals surface area contributed by atoms with Crippen LogP contribution < -0.4 is 14.8 Å². The molecule has 0 fully saturated rings. The van der Waals surface area contributed by atoms with Crippen molar-refractivity contribution in [1.29, 1.82) is 0 Å². The number of hydrogen-bond acceptors (Lipinski definition) is 5. The fourth-order valence-electron chi connectivity index (χ4n) is 2.30. The van der Waals surface area contributed by atoms with Gasteiger partial charge in [0.2, 0.25) is 0 Å². The second kappa shape index (κ2) is 9.28. The van der Waals surface area contributed by atoms with E-state index in [1.807, 2.05) is 19.1 Å². The first-order chi connectivity index (χ1) is 12.8. The molecular weight excluding hydrogens is 370 g/mol. The molecule has 1 N–H and O–H groups in total. The number of anilines is 1. The van der Waals surface area contributed by atoms with Gasteiger partial charge in [0.05, 0.1) is 24.4 Å². The monoisotopic (exact) mass is 391 g/mol. The largest absolute Gasteiger partial charge is 0.496 e. The molecule has 2 aromatic rings. The third kappa shape index (κ3) is 5.37.